The first kappa shape index (κ1) is 50.0. The Morgan fingerprint density at radius 1 is 0.612 bits per heavy atom. The fourth-order valence-corrected chi connectivity index (χ4v) is 8.44. The molecule has 344 valence electrons. The molecule has 0 saturated carbocycles. The highest BCUT2D eigenvalue weighted by molar-refractivity contribution is 6.75. The van der Waals surface area contributed by atoms with Gasteiger partial charge in [-0.05, 0) is 123 Å². The summed E-state index contributed by atoms with van der Waals surface area (Å²) in [6, 6.07) is 21.3. The molecule has 0 bridgehead atoms. The van der Waals surface area contributed by atoms with Crippen LogP contribution in [0.1, 0.15) is 33.4 Å². The normalized spacial score (nSPS) is 13.8. The highest BCUT2D eigenvalue weighted by Crippen LogP contribution is 2.29. The summed E-state index contributed by atoms with van der Waals surface area (Å²) < 4.78 is 37.3. The van der Waals surface area contributed by atoms with Crippen LogP contribution in [0.5, 0.6) is 0 Å². The van der Waals surface area contributed by atoms with Gasteiger partial charge in [-0.1, -0.05) is 22.4 Å². The predicted molar refractivity (Wildman–Crippen MR) is 269 cm³/mol. The van der Waals surface area contributed by atoms with E-state index in [0.717, 1.165) is 138 Å². The summed E-state index contributed by atoms with van der Waals surface area (Å²) in [4.78, 5) is 36.1. The minimum absolute atomic E-state index is 0.00454. The number of fused-ring (bicyclic) bond motifs is 4. The molecule has 2 aliphatic heterocycles. The summed E-state index contributed by atoms with van der Waals surface area (Å²) in [5.41, 5.74) is 9.15. The Kier molecular flexibility index (Phi) is 17.4. The summed E-state index contributed by atoms with van der Waals surface area (Å²) in [7, 11) is 8.00. The van der Waals surface area contributed by atoms with E-state index in [1.54, 1.807) is 12.1 Å². The molecular weight excluding hydrogens is 872 g/mol. The van der Waals surface area contributed by atoms with Crippen molar-refractivity contribution in [2.45, 2.75) is 40.5 Å². The molecule has 4 aromatic heterocycles. The van der Waals surface area contributed by atoms with Crippen LogP contribution in [-0.4, -0.2) is 105 Å². The van der Waals surface area contributed by atoms with E-state index in [2.05, 4.69) is 86.8 Å². The van der Waals surface area contributed by atoms with Gasteiger partial charge in [0.05, 0.1) is 10.8 Å². The Balaban J connectivity index is 0.000000174. The van der Waals surface area contributed by atoms with Gasteiger partial charge in [-0.25, -0.2) is 8.78 Å². The number of halogens is 3. The van der Waals surface area contributed by atoms with Gasteiger partial charge in [0.2, 0.25) is 0 Å². The van der Waals surface area contributed by atoms with E-state index >= 15 is 0 Å². The molecule has 10 rings (SSSR count). The van der Waals surface area contributed by atoms with E-state index in [1.165, 1.54) is 35.4 Å². The maximum atomic E-state index is 13.6. The van der Waals surface area contributed by atoms with Gasteiger partial charge >= 0.3 is 0 Å². The number of hydrogen-bond acceptors (Lipinski definition) is 10. The number of terminal acetylenes is 1. The average molecular weight is 925 g/mol. The molecule has 12 nitrogen and oxygen atoms in total. The van der Waals surface area contributed by atoms with Crippen molar-refractivity contribution in [3.8, 4) is 12.8 Å². The van der Waals surface area contributed by atoms with Crippen molar-refractivity contribution in [3.05, 3.63) is 139 Å². The Bertz CT molecular complexity index is 3080. The first-order valence-corrected chi connectivity index (χ1v) is 22.5. The number of anilines is 2. The molecule has 0 aliphatic carbocycles. The van der Waals surface area contributed by atoms with E-state index in [9.17, 15) is 18.4 Å². The van der Waals surface area contributed by atoms with Gasteiger partial charge in [0.25, 0.3) is 11.1 Å². The molecule has 2 aliphatic rings. The van der Waals surface area contributed by atoms with Crippen LogP contribution in [-0.2, 0) is 12.8 Å². The van der Waals surface area contributed by atoms with E-state index < -0.39 is 0 Å². The molecular formula is C50H53B2ClF2N8O4. The minimum atomic E-state index is -0.277. The maximum Gasteiger partial charge on any atom is 0.251 e. The molecule has 0 amide bonds. The lowest BCUT2D eigenvalue weighted by molar-refractivity contribution is 0.259. The van der Waals surface area contributed by atoms with Gasteiger partial charge in [0.1, 0.15) is 11.6 Å². The van der Waals surface area contributed by atoms with Crippen LogP contribution < -0.4 is 26.2 Å². The quantitative estimate of drug-likeness (QED) is 0.0834. The van der Waals surface area contributed by atoms with Crippen molar-refractivity contribution in [2.24, 2.45) is 0 Å². The second-order valence-electron chi connectivity index (χ2n) is 16.2. The minimum Gasteiger partial charge on any atom is -0.354 e. The fourth-order valence-electron chi connectivity index (χ4n) is 8.22. The second kappa shape index (κ2) is 23.4. The van der Waals surface area contributed by atoms with Gasteiger partial charge in [-0.3, -0.25) is 14.5 Å². The molecule has 0 spiro atoms. The Labute approximate surface area is 395 Å². The van der Waals surface area contributed by atoms with Crippen LogP contribution in [0.2, 0.25) is 0 Å². The second-order valence-corrected chi connectivity index (χ2v) is 16.6. The lowest BCUT2D eigenvalue weighted by atomic mass is 9.81. The third kappa shape index (κ3) is 11.8. The summed E-state index contributed by atoms with van der Waals surface area (Å²) in [5, 5.41) is 15.2. The average Bonchev–Trinajstić information content (AvgIpc) is 3.98. The molecule has 8 aromatic rings. The predicted octanol–water partition coefficient (Wildman–Crippen LogP) is 7.58. The molecule has 0 atom stereocenters. The lowest BCUT2D eigenvalue weighted by Gasteiger charge is -2.34. The largest absolute Gasteiger partial charge is 0.354 e. The molecule has 0 unspecified atom stereocenters. The van der Waals surface area contributed by atoms with E-state index in [1.807, 2.05) is 45.9 Å². The molecule has 67 heavy (non-hydrogen) atoms. The lowest BCUT2D eigenvalue weighted by Crippen LogP contribution is -2.47. The van der Waals surface area contributed by atoms with Crippen molar-refractivity contribution in [2.75, 3.05) is 74.6 Å². The van der Waals surface area contributed by atoms with Crippen LogP contribution in [0.15, 0.2) is 91.4 Å². The smallest absolute Gasteiger partial charge is 0.251 e. The number of pyridine rings is 2. The highest BCUT2D eigenvalue weighted by Gasteiger charge is 2.22. The van der Waals surface area contributed by atoms with Crippen LogP contribution in [0.25, 0.3) is 43.7 Å². The van der Waals surface area contributed by atoms with Crippen LogP contribution in [0.3, 0.4) is 0 Å². The van der Waals surface area contributed by atoms with Gasteiger partial charge in [0, 0.05) is 113 Å². The number of benzene rings is 4. The Morgan fingerprint density at radius 3 is 1.52 bits per heavy atom. The van der Waals surface area contributed by atoms with Crippen molar-refractivity contribution in [1.29, 1.82) is 0 Å². The topological polar surface area (TPSA) is 140 Å². The number of alkyl halides is 1. The number of aromatic amines is 2. The first-order valence-electron chi connectivity index (χ1n) is 22.0. The van der Waals surface area contributed by atoms with Crippen molar-refractivity contribution in [3.63, 3.8) is 0 Å². The van der Waals surface area contributed by atoms with Crippen molar-refractivity contribution >= 4 is 82.5 Å². The van der Waals surface area contributed by atoms with Crippen molar-refractivity contribution in [1.82, 2.24) is 30.5 Å². The van der Waals surface area contributed by atoms with Gasteiger partial charge < -0.3 is 34.1 Å². The number of rotatable bonds is 7. The van der Waals surface area contributed by atoms with Crippen LogP contribution in [0.4, 0.5) is 20.4 Å². The molecule has 2 fully saturated rings. The Morgan fingerprint density at radius 2 is 1.06 bits per heavy atom. The number of H-pyrrole nitrogens is 2. The molecule has 4 aromatic carbocycles. The molecule has 17 heteroatoms. The summed E-state index contributed by atoms with van der Waals surface area (Å²) in [6.07, 6.45) is 9.81. The summed E-state index contributed by atoms with van der Waals surface area (Å²) >= 11 is 5.73. The zero-order valence-corrected chi connectivity index (χ0v) is 39.0. The number of aryl methyl sites for hydroxylation is 3. The van der Waals surface area contributed by atoms with Gasteiger partial charge in [0.15, 0.2) is 22.8 Å². The zero-order valence-electron chi connectivity index (χ0n) is 38.2. The molecule has 3 N–H and O–H groups in total. The van der Waals surface area contributed by atoms with Gasteiger partial charge in [-0.2, -0.15) is 0 Å². The number of hydrogen-bond donors (Lipinski definition) is 3. The summed E-state index contributed by atoms with van der Waals surface area (Å²) in [5.74, 6) is 1.56. The van der Waals surface area contributed by atoms with Gasteiger partial charge in [-0.15, -0.1) is 24.4 Å². The molecule has 4 radical (unpaired) electrons. The SMILES string of the molecule is C#C.Cc1c(C)c2cc(CCCl)ccc2[nH]c1=O.Cc1c(C)c2cc(CCN3CCN(c4noc5ccc(F)cc45)CC3)ccc2[nH]c1=O.Fc1ccc2onc(N3CCNCC3)c2c1.[B][B]. The van der Waals surface area contributed by atoms with Crippen molar-refractivity contribution < 1.29 is 17.8 Å². The number of piperazine rings is 2. The first-order chi connectivity index (χ1) is 32.5. The van der Waals surface area contributed by atoms with E-state index in [0.29, 0.717) is 17.0 Å². The van der Waals surface area contributed by atoms with Crippen LogP contribution in [0, 0.1) is 52.2 Å². The standard InChI is InChI=1S/C24H25FN4O2.C13H14ClNO.C11H12FN3O.C2H2.B2/c1-15-16(2)24(30)26-21-5-3-17(13-19(15)21)7-8-28-9-11-29(12-10-28)23-20-14-18(25)4-6-22(20)31-27-23;1-8-9(2)13(16)15-12-4-3-10(5-6-14)7-11(8)12;12-8-1-2-10-9(7-8)11(14-16-10)15-5-3-13-4-6-15;2*1-2/h3-6,13-14H,7-12H2,1-2H3,(H,26,30);3-4,7H,5-6H2,1-2H3,(H,15,16);1-2,7,13H,3-6H2;1-2H;. The monoisotopic (exact) mass is 924 g/mol. The summed E-state index contributed by atoms with van der Waals surface area (Å²) in [6.45, 7) is 15.8. The molecule has 6 heterocycles. The molecule has 2 saturated heterocycles. The number of nitrogens with zero attached hydrogens (tertiary/aromatic N) is 5. The third-order valence-electron chi connectivity index (χ3n) is 12.3. The number of aromatic nitrogens is 4. The van der Waals surface area contributed by atoms with E-state index in [-0.39, 0.29) is 22.8 Å². The zero-order chi connectivity index (χ0) is 48.2. The third-order valence-corrected chi connectivity index (χ3v) is 12.5. The highest BCUT2D eigenvalue weighted by atomic mass is 35.5. The van der Waals surface area contributed by atoms with Crippen LogP contribution >= 0.6 is 11.6 Å². The maximum absolute atomic E-state index is 13.6. The Hall–Kier alpha value is -6.40. The number of nitrogens with one attached hydrogen (secondary N) is 3. The van der Waals surface area contributed by atoms with E-state index in [4.69, 9.17) is 20.6 Å². The fraction of sp³-hybridized carbons (Fsp3) is 0.320.